The summed E-state index contributed by atoms with van der Waals surface area (Å²) in [5.41, 5.74) is 0. The number of carbonyl (C=O) groups excluding carboxylic acids is 1. The number of hydrogen-bond donors (Lipinski definition) is 1. The number of rotatable bonds is 5. The van der Waals surface area contributed by atoms with Gasteiger partial charge < -0.3 is 10.2 Å². The lowest BCUT2D eigenvalue weighted by Gasteiger charge is -2.28. The molecule has 0 aromatic heterocycles. The summed E-state index contributed by atoms with van der Waals surface area (Å²) in [6.45, 7) is 5.16. The zero-order valence-electron chi connectivity index (χ0n) is 10.1. The molecule has 3 nitrogen and oxygen atoms in total. The van der Waals surface area contributed by atoms with E-state index in [-0.39, 0.29) is 11.8 Å². The van der Waals surface area contributed by atoms with Crippen LogP contribution < -0.4 is 5.32 Å². The van der Waals surface area contributed by atoms with E-state index in [1.165, 1.54) is 12.8 Å². The highest BCUT2D eigenvalue weighted by molar-refractivity contribution is 5.78. The Hall–Kier alpha value is -0.570. The molecular weight excluding hydrogens is 188 g/mol. The molecule has 0 unspecified atom stereocenters. The van der Waals surface area contributed by atoms with Gasteiger partial charge >= 0.3 is 0 Å². The van der Waals surface area contributed by atoms with Gasteiger partial charge in [-0.2, -0.15) is 0 Å². The lowest BCUT2D eigenvalue weighted by Crippen LogP contribution is -2.39. The van der Waals surface area contributed by atoms with E-state index in [1.54, 1.807) is 0 Å². The number of hydrogen-bond acceptors (Lipinski definition) is 2. The summed E-state index contributed by atoms with van der Waals surface area (Å²) in [6, 6.07) is 0. The van der Waals surface area contributed by atoms with Crippen LogP contribution in [0.4, 0.5) is 0 Å². The second-order valence-electron chi connectivity index (χ2n) is 4.58. The fourth-order valence-corrected chi connectivity index (χ4v) is 2.00. The molecule has 1 heterocycles. The highest BCUT2D eigenvalue weighted by atomic mass is 16.1. The maximum absolute atomic E-state index is 11.7. The number of unbranched alkanes of at least 4 members (excludes halogenated alkanes) is 2. The fourth-order valence-electron chi connectivity index (χ4n) is 2.00. The van der Waals surface area contributed by atoms with Gasteiger partial charge in [-0.15, -0.1) is 0 Å². The Labute approximate surface area is 93.2 Å². The first-order valence-corrected chi connectivity index (χ1v) is 6.20. The number of nitrogens with one attached hydrogen (secondary N) is 1. The van der Waals surface area contributed by atoms with Crippen LogP contribution in [0.1, 0.15) is 39.0 Å². The number of amides is 1. The zero-order valence-corrected chi connectivity index (χ0v) is 10.1. The van der Waals surface area contributed by atoms with Crippen LogP contribution in [0.15, 0.2) is 0 Å². The van der Waals surface area contributed by atoms with Crippen molar-refractivity contribution in [2.24, 2.45) is 5.92 Å². The molecule has 0 aromatic carbocycles. The first-order valence-electron chi connectivity index (χ1n) is 6.20. The number of piperidine rings is 1. The monoisotopic (exact) mass is 212 g/mol. The summed E-state index contributed by atoms with van der Waals surface area (Å²) >= 11 is 0. The first-order chi connectivity index (χ1) is 7.24. The van der Waals surface area contributed by atoms with Crippen molar-refractivity contribution in [2.75, 3.05) is 26.7 Å². The molecule has 3 heteroatoms. The van der Waals surface area contributed by atoms with Gasteiger partial charge in [-0.25, -0.2) is 0 Å². The minimum absolute atomic E-state index is 0.267. The van der Waals surface area contributed by atoms with Gasteiger partial charge in [0.2, 0.25) is 5.91 Å². The predicted molar refractivity (Wildman–Crippen MR) is 62.8 cm³/mol. The van der Waals surface area contributed by atoms with E-state index in [0.717, 1.165) is 38.9 Å². The van der Waals surface area contributed by atoms with Crippen LogP contribution in [-0.2, 0) is 4.79 Å². The Morgan fingerprint density at radius 2 is 2.00 bits per heavy atom. The number of likely N-dealkylation sites (tertiary alicyclic amines) is 1. The predicted octanol–water partition coefficient (Wildman–Crippen LogP) is 1.63. The van der Waals surface area contributed by atoms with Crippen molar-refractivity contribution in [1.82, 2.24) is 10.2 Å². The van der Waals surface area contributed by atoms with Crippen LogP contribution in [0, 0.1) is 5.92 Å². The molecule has 1 amide bonds. The van der Waals surface area contributed by atoms with Crippen molar-refractivity contribution in [2.45, 2.75) is 39.0 Å². The Bertz CT molecular complexity index is 186. The molecule has 0 saturated carbocycles. The number of carbonyl (C=O) groups is 1. The maximum Gasteiger partial charge on any atom is 0.223 e. The summed E-state index contributed by atoms with van der Waals surface area (Å²) in [7, 11) is 2.12. The molecular formula is C12H24N2O. The second kappa shape index (κ2) is 6.83. The average molecular weight is 212 g/mol. The van der Waals surface area contributed by atoms with Crippen molar-refractivity contribution >= 4 is 5.91 Å². The molecule has 1 N–H and O–H groups in total. The normalized spacial score (nSPS) is 19.1. The smallest absolute Gasteiger partial charge is 0.223 e. The molecule has 0 aliphatic carbocycles. The van der Waals surface area contributed by atoms with Crippen molar-refractivity contribution in [3.8, 4) is 0 Å². The lowest BCUT2D eigenvalue weighted by molar-refractivity contribution is -0.126. The van der Waals surface area contributed by atoms with Crippen LogP contribution in [0.25, 0.3) is 0 Å². The molecule has 0 atom stereocenters. The summed E-state index contributed by atoms with van der Waals surface area (Å²) < 4.78 is 0. The molecule has 0 radical (unpaired) electrons. The van der Waals surface area contributed by atoms with Crippen LogP contribution in [0.2, 0.25) is 0 Å². The van der Waals surface area contributed by atoms with Gasteiger partial charge in [-0.3, -0.25) is 4.79 Å². The van der Waals surface area contributed by atoms with E-state index < -0.39 is 0 Å². The van der Waals surface area contributed by atoms with Gasteiger partial charge in [-0.05, 0) is 39.4 Å². The van der Waals surface area contributed by atoms with Gasteiger partial charge in [-0.1, -0.05) is 19.8 Å². The van der Waals surface area contributed by atoms with Crippen LogP contribution >= 0.6 is 0 Å². The highest BCUT2D eigenvalue weighted by Crippen LogP contribution is 2.15. The van der Waals surface area contributed by atoms with Gasteiger partial charge in [0.05, 0.1) is 0 Å². The largest absolute Gasteiger partial charge is 0.356 e. The fraction of sp³-hybridized carbons (Fsp3) is 0.917. The lowest BCUT2D eigenvalue weighted by atomic mass is 9.96. The van der Waals surface area contributed by atoms with Crippen LogP contribution in [-0.4, -0.2) is 37.5 Å². The topological polar surface area (TPSA) is 32.3 Å². The SMILES string of the molecule is CCCCCNC(=O)C1CCN(C)CC1. The number of nitrogens with zero attached hydrogens (tertiary/aromatic N) is 1. The summed E-state index contributed by atoms with van der Waals surface area (Å²) in [5, 5.41) is 3.04. The quantitative estimate of drug-likeness (QED) is 0.703. The Balaban J connectivity index is 2.11. The van der Waals surface area contributed by atoms with E-state index >= 15 is 0 Å². The van der Waals surface area contributed by atoms with E-state index in [0.29, 0.717) is 0 Å². The Kier molecular flexibility index (Phi) is 5.69. The van der Waals surface area contributed by atoms with Crippen LogP contribution in [0.3, 0.4) is 0 Å². The molecule has 15 heavy (non-hydrogen) atoms. The minimum atomic E-state index is 0.267. The zero-order chi connectivity index (χ0) is 11.1. The van der Waals surface area contributed by atoms with Gasteiger partial charge in [0.1, 0.15) is 0 Å². The molecule has 0 aromatic rings. The van der Waals surface area contributed by atoms with Gasteiger partial charge in [0, 0.05) is 12.5 Å². The van der Waals surface area contributed by atoms with Crippen molar-refractivity contribution in [3.63, 3.8) is 0 Å². The van der Waals surface area contributed by atoms with Crippen molar-refractivity contribution in [1.29, 1.82) is 0 Å². The van der Waals surface area contributed by atoms with E-state index in [9.17, 15) is 4.79 Å². The maximum atomic E-state index is 11.7. The molecule has 0 spiro atoms. The molecule has 1 saturated heterocycles. The molecule has 0 bridgehead atoms. The van der Waals surface area contributed by atoms with Crippen molar-refractivity contribution in [3.05, 3.63) is 0 Å². The van der Waals surface area contributed by atoms with Crippen molar-refractivity contribution < 1.29 is 4.79 Å². The summed E-state index contributed by atoms with van der Waals surface area (Å²) in [4.78, 5) is 14.0. The summed E-state index contributed by atoms with van der Waals surface area (Å²) in [5.74, 6) is 0.544. The van der Waals surface area contributed by atoms with E-state index in [2.05, 4.69) is 24.2 Å². The molecule has 88 valence electrons. The highest BCUT2D eigenvalue weighted by Gasteiger charge is 2.22. The third-order valence-corrected chi connectivity index (χ3v) is 3.17. The van der Waals surface area contributed by atoms with E-state index in [4.69, 9.17) is 0 Å². The molecule has 1 rings (SSSR count). The molecule has 1 aliphatic heterocycles. The molecule has 1 aliphatic rings. The minimum Gasteiger partial charge on any atom is -0.356 e. The van der Waals surface area contributed by atoms with E-state index in [1.807, 2.05) is 0 Å². The Morgan fingerprint density at radius 3 is 2.60 bits per heavy atom. The molecule has 1 fully saturated rings. The third-order valence-electron chi connectivity index (χ3n) is 3.17. The third kappa shape index (κ3) is 4.65. The van der Waals surface area contributed by atoms with Gasteiger partial charge in [0.15, 0.2) is 0 Å². The second-order valence-corrected chi connectivity index (χ2v) is 4.58. The Morgan fingerprint density at radius 1 is 1.33 bits per heavy atom. The standard InChI is InChI=1S/C12H24N2O/c1-3-4-5-8-13-12(15)11-6-9-14(2)10-7-11/h11H,3-10H2,1-2H3,(H,13,15). The van der Waals surface area contributed by atoms with Crippen LogP contribution in [0.5, 0.6) is 0 Å². The average Bonchev–Trinajstić information content (AvgIpc) is 2.25. The summed E-state index contributed by atoms with van der Waals surface area (Å²) in [6.07, 6.45) is 5.60. The first kappa shape index (κ1) is 12.5. The van der Waals surface area contributed by atoms with Gasteiger partial charge in [0.25, 0.3) is 0 Å².